The van der Waals surface area contributed by atoms with Crippen molar-refractivity contribution in [1.29, 1.82) is 0 Å². The summed E-state index contributed by atoms with van der Waals surface area (Å²) in [4.78, 5) is 32.0. The lowest BCUT2D eigenvalue weighted by Crippen LogP contribution is -2.59. The molecular weight excluding hydrogens is 408 g/mol. The van der Waals surface area contributed by atoms with E-state index in [1.165, 1.54) is 4.90 Å². The van der Waals surface area contributed by atoms with Gasteiger partial charge in [0.15, 0.2) is 0 Å². The number of carbonyl (C=O) groups excluding carboxylic acids is 2. The molecule has 164 valence electrons. The minimum absolute atomic E-state index is 0.0161. The molecule has 2 aromatic carbocycles. The molecule has 3 atom stereocenters. The fourth-order valence-electron chi connectivity index (χ4n) is 5.32. The molecule has 3 heterocycles. The molecule has 3 aliphatic rings. The van der Waals surface area contributed by atoms with Gasteiger partial charge < -0.3 is 19.9 Å². The van der Waals surface area contributed by atoms with E-state index < -0.39 is 11.5 Å². The smallest absolute Gasteiger partial charge is 0.245 e. The summed E-state index contributed by atoms with van der Waals surface area (Å²) < 4.78 is 5.77. The van der Waals surface area contributed by atoms with E-state index in [1.807, 2.05) is 42.5 Å². The highest BCUT2D eigenvalue weighted by atomic mass is 16.5. The number of likely N-dealkylation sites (N-methyl/N-ethyl adjacent to an activating group) is 1. The third-order valence-electron chi connectivity index (χ3n) is 6.72. The Morgan fingerprint density at radius 2 is 2.00 bits per heavy atom. The SMILES string of the molecule is CN1CC(=O)N2[C@H]3Nc4ccccc4[C@@]3(c3ccc(OCCCN=[N+]=[N-])cc3)C[C@H]2C1=O. The van der Waals surface area contributed by atoms with Crippen molar-refractivity contribution < 1.29 is 14.3 Å². The molecule has 0 aromatic heterocycles. The van der Waals surface area contributed by atoms with Crippen LogP contribution in [0.15, 0.2) is 53.6 Å². The number of hydrogen-bond acceptors (Lipinski definition) is 5. The van der Waals surface area contributed by atoms with E-state index in [-0.39, 0.29) is 24.5 Å². The van der Waals surface area contributed by atoms with E-state index in [9.17, 15) is 9.59 Å². The standard InChI is InChI=1S/C23H24N6O3/c1-28-14-20(30)29-19(21(28)31)13-23(17-5-2-3-6-18(17)26-22(23)29)15-7-9-16(10-8-15)32-12-4-11-25-27-24/h2-3,5-10,19,22,26H,4,11-14H2,1H3/t19-,22+,23-/m0/s1. The maximum atomic E-state index is 13.0. The first-order chi connectivity index (χ1) is 15.6. The predicted molar refractivity (Wildman–Crippen MR) is 118 cm³/mol. The lowest BCUT2D eigenvalue weighted by atomic mass is 9.72. The van der Waals surface area contributed by atoms with Crippen LogP contribution in [0.5, 0.6) is 5.75 Å². The fourth-order valence-corrected chi connectivity index (χ4v) is 5.32. The molecule has 2 aromatic rings. The maximum Gasteiger partial charge on any atom is 0.245 e. The van der Waals surface area contributed by atoms with Gasteiger partial charge in [-0.05, 0) is 47.7 Å². The highest BCUT2D eigenvalue weighted by Crippen LogP contribution is 2.55. The fraction of sp³-hybridized carbons (Fsp3) is 0.391. The zero-order valence-electron chi connectivity index (χ0n) is 17.8. The van der Waals surface area contributed by atoms with E-state index in [0.717, 1.165) is 22.6 Å². The Kier molecular flexibility index (Phi) is 4.90. The van der Waals surface area contributed by atoms with Crippen molar-refractivity contribution in [2.24, 2.45) is 5.11 Å². The predicted octanol–water partition coefficient (Wildman–Crippen LogP) is 2.88. The van der Waals surface area contributed by atoms with Gasteiger partial charge >= 0.3 is 0 Å². The maximum absolute atomic E-state index is 13.0. The third-order valence-corrected chi connectivity index (χ3v) is 6.72. The lowest BCUT2D eigenvalue weighted by molar-refractivity contribution is -0.153. The number of azide groups is 1. The van der Waals surface area contributed by atoms with Gasteiger partial charge in [0.2, 0.25) is 11.8 Å². The van der Waals surface area contributed by atoms with Crippen LogP contribution in [-0.4, -0.2) is 60.6 Å². The Morgan fingerprint density at radius 3 is 2.78 bits per heavy atom. The zero-order valence-corrected chi connectivity index (χ0v) is 17.8. The number of piperazine rings is 1. The summed E-state index contributed by atoms with van der Waals surface area (Å²) in [5.74, 6) is 0.673. The van der Waals surface area contributed by atoms with E-state index in [2.05, 4.69) is 21.4 Å². The molecule has 0 radical (unpaired) electrons. The van der Waals surface area contributed by atoms with Crippen LogP contribution < -0.4 is 10.1 Å². The van der Waals surface area contributed by atoms with Crippen molar-refractivity contribution in [3.63, 3.8) is 0 Å². The number of para-hydroxylation sites is 1. The van der Waals surface area contributed by atoms with Gasteiger partial charge in [-0.3, -0.25) is 9.59 Å². The van der Waals surface area contributed by atoms with Gasteiger partial charge in [-0.15, -0.1) is 0 Å². The quantitative estimate of drug-likeness (QED) is 0.327. The highest BCUT2D eigenvalue weighted by Gasteiger charge is 2.62. The molecule has 2 amide bonds. The highest BCUT2D eigenvalue weighted by molar-refractivity contribution is 5.97. The van der Waals surface area contributed by atoms with Crippen molar-refractivity contribution in [1.82, 2.24) is 9.80 Å². The largest absolute Gasteiger partial charge is 0.494 e. The molecule has 0 spiro atoms. The number of rotatable bonds is 6. The first-order valence-corrected chi connectivity index (χ1v) is 10.7. The van der Waals surface area contributed by atoms with Gasteiger partial charge in [-0.1, -0.05) is 35.4 Å². The Bertz CT molecular complexity index is 1110. The number of carbonyl (C=O) groups is 2. The summed E-state index contributed by atoms with van der Waals surface area (Å²) in [5.41, 5.74) is 11.0. The summed E-state index contributed by atoms with van der Waals surface area (Å²) in [6.45, 7) is 0.958. The number of fused-ring (bicyclic) bond motifs is 5. The van der Waals surface area contributed by atoms with Crippen molar-refractivity contribution in [2.45, 2.75) is 30.5 Å². The summed E-state index contributed by atoms with van der Waals surface area (Å²) in [5, 5.41) is 7.04. The number of hydrogen-bond donors (Lipinski definition) is 1. The number of amides is 2. The van der Waals surface area contributed by atoms with Crippen LogP contribution in [0, 0.1) is 0 Å². The average molecular weight is 432 g/mol. The molecule has 2 saturated heterocycles. The van der Waals surface area contributed by atoms with Crippen molar-refractivity contribution in [2.75, 3.05) is 32.1 Å². The molecule has 1 N–H and O–H groups in total. The van der Waals surface area contributed by atoms with Gasteiger partial charge in [-0.25, -0.2) is 0 Å². The lowest BCUT2D eigenvalue weighted by Gasteiger charge is -2.38. The molecule has 32 heavy (non-hydrogen) atoms. The molecule has 0 bridgehead atoms. The molecule has 3 aliphatic heterocycles. The summed E-state index contributed by atoms with van der Waals surface area (Å²) in [7, 11) is 1.69. The van der Waals surface area contributed by atoms with Gasteiger partial charge in [-0.2, -0.15) is 0 Å². The molecular formula is C23H24N6O3. The van der Waals surface area contributed by atoms with Gasteiger partial charge in [0.25, 0.3) is 0 Å². The number of benzene rings is 2. The monoisotopic (exact) mass is 432 g/mol. The van der Waals surface area contributed by atoms with E-state index >= 15 is 0 Å². The molecule has 5 rings (SSSR count). The second kappa shape index (κ2) is 7.76. The van der Waals surface area contributed by atoms with Crippen molar-refractivity contribution in [3.8, 4) is 5.75 Å². The van der Waals surface area contributed by atoms with Crippen LogP contribution >= 0.6 is 0 Å². The Hall–Kier alpha value is -3.71. The molecule has 2 fully saturated rings. The van der Waals surface area contributed by atoms with Crippen LogP contribution in [0.25, 0.3) is 10.4 Å². The molecule has 0 saturated carbocycles. The van der Waals surface area contributed by atoms with Crippen LogP contribution in [0.2, 0.25) is 0 Å². The normalized spacial score (nSPS) is 25.5. The zero-order chi connectivity index (χ0) is 22.3. The van der Waals surface area contributed by atoms with Crippen molar-refractivity contribution >= 4 is 17.5 Å². The second-order valence-corrected chi connectivity index (χ2v) is 8.46. The average Bonchev–Trinajstić information content (AvgIpc) is 3.30. The van der Waals surface area contributed by atoms with E-state index in [1.54, 1.807) is 11.9 Å². The summed E-state index contributed by atoms with van der Waals surface area (Å²) in [6.07, 6.45) is 0.859. The Morgan fingerprint density at radius 1 is 1.22 bits per heavy atom. The third kappa shape index (κ3) is 2.97. The Balaban J connectivity index is 1.49. The van der Waals surface area contributed by atoms with Crippen LogP contribution in [0.4, 0.5) is 5.69 Å². The number of ether oxygens (including phenoxy) is 1. The van der Waals surface area contributed by atoms with Gasteiger partial charge in [0.1, 0.15) is 18.0 Å². The van der Waals surface area contributed by atoms with Crippen LogP contribution in [-0.2, 0) is 15.0 Å². The molecule has 0 unspecified atom stereocenters. The summed E-state index contributed by atoms with van der Waals surface area (Å²) in [6, 6.07) is 15.5. The van der Waals surface area contributed by atoms with E-state index in [4.69, 9.17) is 10.3 Å². The number of anilines is 1. The van der Waals surface area contributed by atoms with Gasteiger partial charge in [0.05, 0.1) is 18.6 Å². The molecule has 9 nitrogen and oxygen atoms in total. The first-order valence-electron chi connectivity index (χ1n) is 10.7. The minimum atomic E-state index is -0.516. The second-order valence-electron chi connectivity index (χ2n) is 8.46. The number of nitrogens with zero attached hydrogens (tertiary/aromatic N) is 5. The molecule has 9 heteroatoms. The topological polar surface area (TPSA) is 111 Å². The number of nitrogens with one attached hydrogen (secondary N) is 1. The van der Waals surface area contributed by atoms with Crippen molar-refractivity contribution in [3.05, 3.63) is 70.1 Å². The van der Waals surface area contributed by atoms with Gasteiger partial charge in [0, 0.05) is 24.2 Å². The van der Waals surface area contributed by atoms with E-state index in [0.29, 0.717) is 26.0 Å². The van der Waals surface area contributed by atoms with Crippen LogP contribution in [0.1, 0.15) is 24.0 Å². The minimum Gasteiger partial charge on any atom is -0.494 e. The first kappa shape index (κ1) is 20.2. The summed E-state index contributed by atoms with van der Waals surface area (Å²) >= 11 is 0. The molecule has 0 aliphatic carbocycles. The Labute approximate surface area is 185 Å². The van der Waals surface area contributed by atoms with Crippen LogP contribution in [0.3, 0.4) is 0 Å².